The molecule has 5 nitrogen and oxygen atoms in total. The van der Waals surface area contributed by atoms with Crippen LogP contribution < -0.4 is 4.74 Å². The van der Waals surface area contributed by atoms with Crippen LogP contribution in [0.15, 0.2) is 55.1 Å². The lowest BCUT2D eigenvalue weighted by Crippen LogP contribution is -1.92. The Labute approximate surface area is 142 Å². The molecule has 120 valence electrons. The lowest BCUT2D eigenvalue weighted by Gasteiger charge is -2.03. The van der Waals surface area contributed by atoms with Crippen LogP contribution in [0.4, 0.5) is 5.69 Å². The van der Waals surface area contributed by atoms with Crippen LogP contribution in [0.5, 0.6) is 5.75 Å². The van der Waals surface area contributed by atoms with Gasteiger partial charge < -0.3 is 4.74 Å². The first-order chi connectivity index (χ1) is 11.7. The second kappa shape index (κ2) is 7.06. The summed E-state index contributed by atoms with van der Waals surface area (Å²) in [5, 5.41) is 11.6. The first-order valence-electron chi connectivity index (χ1n) is 7.22. The SMILES string of the molecule is C=CCOc1cccc(/C=C/c2nc3cc([N+](=O)[O-])ccc3s2)c1. The molecule has 24 heavy (non-hydrogen) atoms. The summed E-state index contributed by atoms with van der Waals surface area (Å²) in [6, 6.07) is 12.4. The fraction of sp³-hybridized carbons (Fsp3) is 0.0556. The van der Waals surface area contributed by atoms with Crippen molar-refractivity contribution in [2.75, 3.05) is 6.61 Å². The van der Waals surface area contributed by atoms with E-state index in [0.29, 0.717) is 12.1 Å². The third-order valence-electron chi connectivity index (χ3n) is 3.24. The van der Waals surface area contributed by atoms with E-state index in [1.165, 1.54) is 23.5 Å². The zero-order chi connectivity index (χ0) is 16.9. The summed E-state index contributed by atoms with van der Waals surface area (Å²) in [5.41, 5.74) is 1.68. The molecule has 0 amide bonds. The zero-order valence-corrected chi connectivity index (χ0v) is 13.5. The van der Waals surface area contributed by atoms with Crippen LogP contribution in [0.25, 0.3) is 22.4 Å². The number of non-ortho nitro benzene ring substituents is 1. The highest BCUT2D eigenvalue weighted by Gasteiger charge is 2.09. The smallest absolute Gasteiger partial charge is 0.271 e. The maximum atomic E-state index is 10.8. The quantitative estimate of drug-likeness (QED) is 0.363. The number of ether oxygens (including phenoxy) is 1. The Kier molecular flexibility index (Phi) is 4.67. The van der Waals surface area contributed by atoms with Gasteiger partial charge in [0.15, 0.2) is 0 Å². The molecule has 0 spiro atoms. The van der Waals surface area contributed by atoms with Gasteiger partial charge >= 0.3 is 0 Å². The molecule has 1 aromatic heterocycles. The average molecular weight is 338 g/mol. The summed E-state index contributed by atoms with van der Waals surface area (Å²) in [7, 11) is 0. The molecule has 0 radical (unpaired) electrons. The molecule has 6 heteroatoms. The van der Waals surface area contributed by atoms with Crippen LogP contribution in [0.3, 0.4) is 0 Å². The molecule has 0 atom stereocenters. The number of nitro groups is 1. The standard InChI is InChI=1S/C18H14N2O3S/c1-2-10-23-15-5-3-4-13(11-15)6-9-18-19-16-12-14(20(21)22)7-8-17(16)24-18/h2-9,11-12H,1,10H2/b9-6+. The first-order valence-corrected chi connectivity index (χ1v) is 8.04. The number of nitro benzene ring substituents is 1. The van der Waals surface area contributed by atoms with Gasteiger partial charge in [-0.15, -0.1) is 11.3 Å². The van der Waals surface area contributed by atoms with Crippen molar-refractivity contribution in [2.24, 2.45) is 0 Å². The molecular weight excluding hydrogens is 324 g/mol. The van der Waals surface area contributed by atoms with E-state index in [2.05, 4.69) is 11.6 Å². The van der Waals surface area contributed by atoms with Crippen LogP contribution in [0.1, 0.15) is 10.6 Å². The fourth-order valence-electron chi connectivity index (χ4n) is 2.15. The van der Waals surface area contributed by atoms with Gasteiger partial charge in [0.1, 0.15) is 17.4 Å². The van der Waals surface area contributed by atoms with Crippen molar-refractivity contribution in [3.05, 3.63) is 75.8 Å². The Morgan fingerprint density at radius 3 is 2.92 bits per heavy atom. The molecule has 0 saturated heterocycles. The third kappa shape index (κ3) is 3.67. The summed E-state index contributed by atoms with van der Waals surface area (Å²) in [6.07, 6.45) is 5.53. The summed E-state index contributed by atoms with van der Waals surface area (Å²) >= 11 is 1.49. The Hall–Kier alpha value is -2.99. The second-order valence-corrected chi connectivity index (χ2v) is 6.03. The van der Waals surface area contributed by atoms with E-state index in [-0.39, 0.29) is 5.69 Å². The van der Waals surface area contributed by atoms with Crippen LogP contribution >= 0.6 is 11.3 Å². The van der Waals surface area contributed by atoms with Crippen LogP contribution in [-0.2, 0) is 0 Å². The molecule has 2 aromatic carbocycles. The van der Waals surface area contributed by atoms with Crippen molar-refractivity contribution in [3.63, 3.8) is 0 Å². The predicted molar refractivity (Wildman–Crippen MR) is 97.3 cm³/mol. The number of hydrogen-bond donors (Lipinski definition) is 0. The molecule has 0 N–H and O–H groups in total. The zero-order valence-electron chi connectivity index (χ0n) is 12.7. The number of thiazole rings is 1. The lowest BCUT2D eigenvalue weighted by atomic mass is 10.2. The number of fused-ring (bicyclic) bond motifs is 1. The van der Waals surface area contributed by atoms with Gasteiger partial charge in [-0.25, -0.2) is 4.98 Å². The maximum absolute atomic E-state index is 10.8. The van der Waals surface area contributed by atoms with Gasteiger partial charge in [-0.1, -0.05) is 30.9 Å². The number of rotatable bonds is 6. The van der Waals surface area contributed by atoms with E-state index in [1.54, 1.807) is 12.1 Å². The van der Waals surface area contributed by atoms with Crippen molar-refractivity contribution >= 4 is 39.4 Å². The molecule has 0 fully saturated rings. The highest BCUT2D eigenvalue weighted by molar-refractivity contribution is 7.19. The lowest BCUT2D eigenvalue weighted by molar-refractivity contribution is -0.384. The van der Waals surface area contributed by atoms with E-state index in [9.17, 15) is 10.1 Å². The minimum Gasteiger partial charge on any atom is -0.490 e. The molecule has 0 bridgehead atoms. The first kappa shape index (κ1) is 15.9. The molecule has 3 aromatic rings. The Morgan fingerprint density at radius 2 is 2.12 bits per heavy atom. The molecule has 0 aliphatic rings. The van der Waals surface area contributed by atoms with Crippen LogP contribution in [0, 0.1) is 10.1 Å². The van der Waals surface area contributed by atoms with Crippen LogP contribution in [-0.4, -0.2) is 16.5 Å². The van der Waals surface area contributed by atoms with E-state index < -0.39 is 4.92 Å². The summed E-state index contributed by atoms with van der Waals surface area (Å²) in [5.74, 6) is 0.775. The summed E-state index contributed by atoms with van der Waals surface area (Å²) < 4.78 is 6.42. The van der Waals surface area contributed by atoms with Gasteiger partial charge in [-0.2, -0.15) is 0 Å². The van der Waals surface area contributed by atoms with Gasteiger partial charge in [0, 0.05) is 12.1 Å². The molecule has 0 aliphatic heterocycles. The molecule has 1 heterocycles. The fourth-order valence-corrected chi connectivity index (χ4v) is 3.00. The molecule has 0 unspecified atom stereocenters. The number of aromatic nitrogens is 1. The minimum absolute atomic E-state index is 0.0513. The van der Waals surface area contributed by atoms with Crippen molar-refractivity contribution in [1.82, 2.24) is 4.98 Å². The van der Waals surface area contributed by atoms with Gasteiger partial charge in [-0.05, 0) is 29.8 Å². The van der Waals surface area contributed by atoms with Gasteiger partial charge in [0.25, 0.3) is 5.69 Å². The highest BCUT2D eigenvalue weighted by Crippen LogP contribution is 2.27. The molecule has 0 saturated carbocycles. The number of nitrogens with zero attached hydrogens (tertiary/aromatic N) is 2. The topological polar surface area (TPSA) is 65.3 Å². The van der Waals surface area contributed by atoms with Crippen molar-refractivity contribution < 1.29 is 9.66 Å². The molecule has 0 aliphatic carbocycles. The van der Waals surface area contributed by atoms with Gasteiger partial charge in [-0.3, -0.25) is 10.1 Å². The third-order valence-corrected chi connectivity index (χ3v) is 4.24. The highest BCUT2D eigenvalue weighted by atomic mass is 32.1. The monoisotopic (exact) mass is 338 g/mol. The normalized spacial score (nSPS) is 11.0. The molecule has 3 rings (SSSR count). The molecular formula is C18H14N2O3S. The van der Waals surface area contributed by atoms with E-state index in [1.807, 2.05) is 36.4 Å². The predicted octanol–water partition coefficient (Wildman–Crippen LogP) is 4.94. The summed E-state index contributed by atoms with van der Waals surface area (Å²) in [6.45, 7) is 4.09. The average Bonchev–Trinajstić information content (AvgIpc) is 3.00. The van der Waals surface area contributed by atoms with Gasteiger partial charge in [0.05, 0.1) is 15.1 Å². The van der Waals surface area contributed by atoms with Crippen molar-refractivity contribution in [1.29, 1.82) is 0 Å². The Balaban J connectivity index is 1.82. The Bertz CT molecular complexity index is 931. The van der Waals surface area contributed by atoms with E-state index in [4.69, 9.17) is 4.74 Å². The number of benzene rings is 2. The minimum atomic E-state index is -0.414. The Morgan fingerprint density at radius 1 is 1.25 bits per heavy atom. The largest absolute Gasteiger partial charge is 0.490 e. The maximum Gasteiger partial charge on any atom is 0.271 e. The van der Waals surface area contributed by atoms with Crippen molar-refractivity contribution in [2.45, 2.75) is 0 Å². The van der Waals surface area contributed by atoms with E-state index in [0.717, 1.165) is 21.0 Å². The van der Waals surface area contributed by atoms with E-state index >= 15 is 0 Å². The summed E-state index contributed by atoms with van der Waals surface area (Å²) in [4.78, 5) is 14.8. The second-order valence-electron chi connectivity index (χ2n) is 4.97. The van der Waals surface area contributed by atoms with Crippen molar-refractivity contribution in [3.8, 4) is 5.75 Å². The van der Waals surface area contributed by atoms with Gasteiger partial charge in [0.2, 0.25) is 0 Å². The number of hydrogen-bond acceptors (Lipinski definition) is 5. The van der Waals surface area contributed by atoms with Crippen LogP contribution in [0.2, 0.25) is 0 Å².